The molecule has 2 aromatic rings. The molecule has 0 aliphatic rings. The lowest BCUT2D eigenvalue weighted by Crippen LogP contribution is -2.30. The molecule has 1 atom stereocenters. The van der Waals surface area contributed by atoms with Gasteiger partial charge in [0.25, 0.3) is 0 Å². The Morgan fingerprint density at radius 1 is 1.12 bits per heavy atom. The second-order valence-corrected chi connectivity index (χ2v) is 5.86. The van der Waals surface area contributed by atoms with Crippen molar-refractivity contribution in [3.8, 4) is 5.75 Å². The second-order valence-electron chi connectivity index (χ2n) is 5.46. The standard InChI is InChI=1S/C19H21ClN2O3/c1-3-25-18-11-7-6-10-16(18)22-19(24)12-17(21-13(2)23)14-8-4-5-9-15(14)20/h4-11,17H,3,12H2,1-2H3,(H,21,23)(H,22,24)/t17-/m1/s1. The molecule has 2 amide bonds. The Labute approximate surface area is 152 Å². The van der Waals surface area contributed by atoms with Crippen LogP contribution >= 0.6 is 11.6 Å². The van der Waals surface area contributed by atoms with Crippen molar-refractivity contribution in [2.75, 3.05) is 11.9 Å². The number of carbonyl (C=O) groups is 2. The molecular formula is C19H21ClN2O3. The lowest BCUT2D eigenvalue weighted by Gasteiger charge is -2.19. The molecule has 2 rings (SSSR count). The van der Waals surface area contributed by atoms with Crippen molar-refractivity contribution in [3.63, 3.8) is 0 Å². The SMILES string of the molecule is CCOc1ccccc1NC(=O)C[C@@H](NC(C)=O)c1ccccc1Cl. The fraction of sp³-hybridized carbons (Fsp3) is 0.263. The molecule has 25 heavy (non-hydrogen) atoms. The minimum atomic E-state index is -0.509. The number of rotatable bonds is 7. The van der Waals surface area contributed by atoms with Crippen LogP contribution in [0.2, 0.25) is 5.02 Å². The molecule has 0 radical (unpaired) electrons. The summed E-state index contributed by atoms with van der Waals surface area (Å²) in [5, 5.41) is 6.11. The molecule has 0 aromatic heterocycles. The molecule has 6 heteroatoms. The number of anilines is 1. The third-order valence-electron chi connectivity index (χ3n) is 3.51. The van der Waals surface area contributed by atoms with Gasteiger partial charge in [-0.15, -0.1) is 0 Å². The zero-order chi connectivity index (χ0) is 18.2. The number of hydrogen-bond acceptors (Lipinski definition) is 3. The molecule has 5 nitrogen and oxygen atoms in total. The number of nitrogens with one attached hydrogen (secondary N) is 2. The molecule has 0 fully saturated rings. The molecule has 0 bridgehead atoms. The van der Waals surface area contributed by atoms with Gasteiger partial charge >= 0.3 is 0 Å². The normalized spacial score (nSPS) is 11.5. The summed E-state index contributed by atoms with van der Waals surface area (Å²) in [6.45, 7) is 3.79. The number of ether oxygens (including phenoxy) is 1. The van der Waals surface area contributed by atoms with Crippen LogP contribution in [0, 0.1) is 0 Å². The minimum absolute atomic E-state index is 0.0593. The molecule has 0 saturated heterocycles. The highest BCUT2D eigenvalue weighted by molar-refractivity contribution is 6.31. The lowest BCUT2D eigenvalue weighted by molar-refractivity contribution is -0.120. The third-order valence-corrected chi connectivity index (χ3v) is 3.85. The van der Waals surface area contributed by atoms with Crippen molar-refractivity contribution in [2.45, 2.75) is 26.3 Å². The summed E-state index contributed by atoms with van der Waals surface area (Å²) in [6, 6.07) is 13.9. The van der Waals surface area contributed by atoms with Crippen molar-refractivity contribution in [1.29, 1.82) is 0 Å². The maximum atomic E-state index is 12.5. The van der Waals surface area contributed by atoms with E-state index in [9.17, 15) is 9.59 Å². The van der Waals surface area contributed by atoms with E-state index < -0.39 is 6.04 Å². The highest BCUT2D eigenvalue weighted by Crippen LogP contribution is 2.27. The number of para-hydroxylation sites is 2. The van der Waals surface area contributed by atoms with E-state index in [1.165, 1.54) is 6.92 Å². The van der Waals surface area contributed by atoms with E-state index in [0.29, 0.717) is 28.6 Å². The van der Waals surface area contributed by atoms with Crippen LogP contribution in [0.3, 0.4) is 0 Å². The first-order valence-electron chi connectivity index (χ1n) is 8.04. The number of amides is 2. The summed E-state index contributed by atoms with van der Waals surface area (Å²) < 4.78 is 5.51. The van der Waals surface area contributed by atoms with Crippen molar-refractivity contribution < 1.29 is 14.3 Å². The Morgan fingerprint density at radius 3 is 2.48 bits per heavy atom. The summed E-state index contributed by atoms with van der Waals surface area (Å²) in [6.07, 6.45) is 0.0593. The number of benzene rings is 2. The molecule has 2 aromatic carbocycles. The van der Waals surface area contributed by atoms with Crippen LogP contribution in [0.15, 0.2) is 48.5 Å². The van der Waals surface area contributed by atoms with E-state index in [-0.39, 0.29) is 18.2 Å². The number of hydrogen-bond donors (Lipinski definition) is 2. The summed E-state index contributed by atoms with van der Waals surface area (Å²) >= 11 is 6.21. The van der Waals surface area contributed by atoms with E-state index in [0.717, 1.165) is 0 Å². The Morgan fingerprint density at radius 2 is 1.80 bits per heavy atom. The highest BCUT2D eigenvalue weighted by Gasteiger charge is 2.20. The quantitative estimate of drug-likeness (QED) is 0.785. The average Bonchev–Trinajstić information content (AvgIpc) is 2.56. The Balaban J connectivity index is 2.15. The number of halogens is 1. The summed E-state index contributed by atoms with van der Waals surface area (Å²) in [5.74, 6) is 0.130. The largest absolute Gasteiger partial charge is 0.492 e. The predicted octanol–water partition coefficient (Wildman–Crippen LogP) is 3.94. The highest BCUT2D eigenvalue weighted by atomic mass is 35.5. The van der Waals surface area contributed by atoms with Crippen LogP contribution in [0.1, 0.15) is 31.9 Å². The maximum Gasteiger partial charge on any atom is 0.226 e. The molecular weight excluding hydrogens is 340 g/mol. The van der Waals surface area contributed by atoms with E-state index in [4.69, 9.17) is 16.3 Å². The van der Waals surface area contributed by atoms with Crippen molar-refractivity contribution in [2.24, 2.45) is 0 Å². The second kappa shape index (κ2) is 9.08. The predicted molar refractivity (Wildman–Crippen MR) is 98.9 cm³/mol. The molecule has 132 valence electrons. The van der Waals surface area contributed by atoms with Gasteiger partial charge in [-0.05, 0) is 30.7 Å². The van der Waals surface area contributed by atoms with Crippen LogP contribution in [0.25, 0.3) is 0 Å². The van der Waals surface area contributed by atoms with Crippen molar-refractivity contribution in [3.05, 3.63) is 59.1 Å². The van der Waals surface area contributed by atoms with Gasteiger partial charge in [0.2, 0.25) is 11.8 Å². The van der Waals surface area contributed by atoms with Gasteiger partial charge in [-0.3, -0.25) is 9.59 Å². The molecule has 0 aliphatic heterocycles. The summed E-state index contributed by atoms with van der Waals surface area (Å²) in [5.41, 5.74) is 1.29. The lowest BCUT2D eigenvalue weighted by atomic mass is 10.0. The molecule has 0 aliphatic carbocycles. The fourth-order valence-electron chi connectivity index (χ4n) is 2.48. The van der Waals surface area contributed by atoms with E-state index in [2.05, 4.69) is 10.6 Å². The fourth-order valence-corrected chi connectivity index (χ4v) is 2.75. The van der Waals surface area contributed by atoms with E-state index >= 15 is 0 Å². The Bertz CT molecular complexity index is 749. The number of carbonyl (C=O) groups excluding carboxylic acids is 2. The zero-order valence-electron chi connectivity index (χ0n) is 14.2. The van der Waals surface area contributed by atoms with Crippen molar-refractivity contribution >= 4 is 29.1 Å². The van der Waals surface area contributed by atoms with Gasteiger partial charge in [-0.1, -0.05) is 41.9 Å². The van der Waals surface area contributed by atoms with Gasteiger partial charge < -0.3 is 15.4 Å². The van der Waals surface area contributed by atoms with Crippen LogP contribution in [-0.4, -0.2) is 18.4 Å². The van der Waals surface area contributed by atoms with Crippen LogP contribution in [0.4, 0.5) is 5.69 Å². The first-order valence-corrected chi connectivity index (χ1v) is 8.42. The van der Waals surface area contributed by atoms with Gasteiger partial charge in [0, 0.05) is 11.9 Å². The third kappa shape index (κ3) is 5.50. The summed E-state index contributed by atoms with van der Waals surface area (Å²) in [7, 11) is 0. The van der Waals surface area contributed by atoms with Gasteiger partial charge in [-0.2, -0.15) is 0 Å². The topological polar surface area (TPSA) is 67.4 Å². The maximum absolute atomic E-state index is 12.5. The van der Waals surface area contributed by atoms with Crippen molar-refractivity contribution in [1.82, 2.24) is 5.32 Å². The molecule has 0 saturated carbocycles. The first-order chi connectivity index (χ1) is 12.0. The average molecular weight is 361 g/mol. The van der Waals surface area contributed by atoms with Crippen LogP contribution in [-0.2, 0) is 9.59 Å². The van der Waals surface area contributed by atoms with Gasteiger partial charge in [0.1, 0.15) is 5.75 Å². The minimum Gasteiger partial charge on any atom is -0.492 e. The van der Waals surface area contributed by atoms with Crippen LogP contribution in [0.5, 0.6) is 5.75 Å². The smallest absolute Gasteiger partial charge is 0.226 e. The Hall–Kier alpha value is -2.53. The monoisotopic (exact) mass is 360 g/mol. The molecule has 0 spiro atoms. The first kappa shape index (κ1) is 18.8. The molecule has 0 unspecified atom stereocenters. The zero-order valence-corrected chi connectivity index (χ0v) is 15.0. The molecule has 0 heterocycles. The van der Waals surface area contributed by atoms with E-state index in [1.807, 2.05) is 25.1 Å². The van der Waals surface area contributed by atoms with Gasteiger partial charge in [0.05, 0.1) is 24.8 Å². The van der Waals surface area contributed by atoms with E-state index in [1.54, 1.807) is 30.3 Å². The van der Waals surface area contributed by atoms with Gasteiger partial charge in [-0.25, -0.2) is 0 Å². The summed E-state index contributed by atoms with van der Waals surface area (Å²) in [4.78, 5) is 24.0. The van der Waals surface area contributed by atoms with Gasteiger partial charge in [0.15, 0.2) is 0 Å². The Kier molecular flexibility index (Phi) is 6.83. The molecule has 2 N–H and O–H groups in total. The van der Waals surface area contributed by atoms with Crippen LogP contribution < -0.4 is 15.4 Å².